The molecule has 0 aliphatic heterocycles. The Hall–Kier alpha value is -1.95. The second-order valence-corrected chi connectivity index (χ2v) is 4.22. The summed E-state index contributed by atoms with van der Waals surface area (Å²) in [5.74, 6) is 0.522. The Labute approximate surface area is 112 Å². The first kappa shape index (κ1) is 15.1. The maximum absolute atomic E-state index is 11.3. The molecule has 6 heteroatoms. The van der Waals surface area contributed by atoms with Crippen molar-refractivity contribution in [1.29, 1.82) is 0 Å². The molecule has 6 nitrogen and oxygen atoms in total. The van der Waals surface area contributed by atoms with E-state index in [1.165, 1.54) is 14.0 Å². The quantitative estimate of drug-likeness (QED) is 0.751. The summed E-state index contributed by atoms with van der Waals surface area (Å²) in [5.41, 5.74) is -0.939. The van der Waals surface area contributed by atoms with Crippen LogP contribution in [0.15, 0.2) is 18.2 Å². The van der Waals surface area contributed by atoms with Gasteiger partial charge in [-0.3, -0.25) is 0 Å². The van der Waals surface area contributed by atoms with Crippen LogP contribution in [0.2, 0.25) is 0 Å². The molecule has 0 spiro atoms. The number of carbonyl (C=O) groups excluding carboxylic acids is 1. The molecule has 0 heterocycles. The Morgan fingerprint density at radius 2 is 1.74 bits per heavy atom. The fourth-order valence-electron chi connectivity index (χ4n) is 1.48. The Morgan fingerprint density at radius 3 is 2.16 bits per heavy atom. The van der Waals surface area contributed by atoms with Crippen molar-refractivity contribution in [2.75, 3.05) is 33.2 Å². The molecule has 0 saturated carbocycles. The Bertz CT molecular complexity index is 422. The molecule has 0 amide bonds. The minimum atomic E-state index is -1.61. The standard InChI is InChI=1S/C13H19NO5/c1-13(16,12(15)19-4)8-14-9-5-10(17-2)7-11(6-9)18-3/h5-7,14,16H,8H2,1-4H3. The fourth-order valence-corrected chi connectivity index (χ4v) is 1.48. The molecule has 19 heavy (non-hydrogen) atoms. The fraction of sp³-hybridized carbons (Fsp3) is 0.462. The number of hydrogen-bond donors (Lipinski definition) is 2. The van der Waals surface area contributed by atoms with Gasteiger partial charge in [-0.15, -0.1) is 0 Å². The zero-order valence-electron chi connectivity index (χ0n) is 11.5. The molecule has 0 fully saturated rings. The van der Waals surface area contributed by atoms with E-state index in [9.17, 15) is 9.90 Å². The third kappa shape index (κ3) is 4.03. The predicted molar refractivity (Wildman–Crippen MR) is 70.7 cm³/mol. The molecule has 0 saturated heterocycles. The summed E-state index contributed by atoms with van der Waals surface area (Å²) >= 11 is 0. The molecular formula is C13H19NO5. The summed E-state index contributed by atoms with van der Waals surface area (Å²) in [6.07, 6.45) is 0. The number of methoxy groups -OCH3 is 3. The van der Waals surface area contributed by atoms with Crippen LogP contribution in [-0.4, -0.2) is 44.6 Å². The highest BCUT2D eigenvalue weighted by atomic mass is 16.5. The summed E-state index contributed by atoms with van der Waals surface area (Å²) in [7, 11) is 4.32. The number of anilines is 1. The predicted octanol–water partition coefficient (Wildman–Crippen LogP) is 1.04. The van der Waals surface area contributed by atoms with Crippen LogP contribution < -0.4 is 14.8 Å². The van der Waals surface area contributed by atoms with E-state index in [2.05, 4.69) is 10.1 Å². The van der Waals surface area contributed by atoms with Crippen molar-refractivity contribution in [3.63, 3.8) is 0 Å². The largest absolute Gasteiger partial charge is 0.497 e. The van der Waals surface area contributed by atoms with E-state index >= 15 is 0 Å². The normalized spacial score (nSPS) is 13.3. The van der Waals surface area contributed by atoms with E-state index in [4.69, 9.17) is 9.47 Å². The monoisotopic (exact) mass is 269 g/mol. The molecule has 1 atom stereocenters. The number of nitrogens with one attached hydrogen (secondary N) is 1. The molecule has 1 unspecified atom stereocenters. The van der Waals surface area contributed by atoms with Crippen LogP contribution in [0.4, 0.5) is 5.69 Å². The van der Waals surface area contributed by atoms with Crippen LogP contribution in [0.3, 0.4) is 0 Å². The van der Waals surface area contributed by atoms with Crippen molar-refractivity contribution in [3.05, 3.63) is 18.2 Å². The molecule has 0 radical (unpaired) electrons. The number of benzene rings is 1. The molecule has 2 N–H and O–H groups in total. The van der Waals surface area contributed by atoms with Gasteiger partial charge in [-0.05, 0) is 6.92 Å². The van der Waals surface area contributed by atoms with Gasteiger partial charge >= 0.3 is 5.97 Å². The lowest BCUT2D eigenvalue weighted by Gasteiger charge is -2.21. The van der Waals surface area contributed by atoms with Crippen molar-refractivity contribution in [2.45, 2.75) is 12.5 Å². The number of esters is 1. The highest BCUT2D eigenvalue weighted by molar-refractivity contribution is 5.79. The average molecular weight is 269 g/mol. The SMILES string of the molecule is COC(=O)C(C)(O)CNc1cc(OC)cc(OC)c1. The first-order valence-electron chi connectivity index (χ1n) is 5.70. The van der Waals surface area contributed by atoms with Gasteiger partial charge in [0.2, 0.25) is 0 Å². The van der Waals surface area contributed by atoms with Crippen LogP contribution in [0.1, 0.15) is 6.92 Å². The summed E-state index contributed by atoms with van der Waals surface area (Å²) in [6.45, 7) is 1.39. The minimum Gasteiger partial charge on any atom is -0.497 e. The topological polar surface area (TPSA) is 77.0 Å². The van der Waals surface area contributed by atoms with Crippen LogP contribution in [0.5, 0.6) is 11.5 Å². The number of rotatable bonds is 6. The van der Waals surface area contributed by atoms with Crippen LogP contribution >= 0.6 is 0 Å². The molecule has 0 aliphatic carbocycles. The Balaban J connectivity index is 2.80. The molecule has 0 aliphatic rings. The minimum absolute atomic E-state index is 0.00992. The van der Waals surface area contributed by atoms with Crippen molar-refractivity contribution in [1.82, 2.24) is 0 Å². The average Bonchev–Trinajstić information content (AvgIpc) is 2.43. The van der Waals surface area contributed by atoms with Crippen molar-refractivity contribution >= 4 is 11.7 Å². The highest BCUT2D eigenvalue weighted by Gasteiger charge is 2.31. The first-order chi connectivity index (χ1) is 8.92. The van der Waals surface area contributed by atoms with Crippen LogP contribution in [0.25, 0.3) is 0 Å². The lowest BCUT2D eigenvalue weighted by molar-refractivity contribution is -0.158. The van der Waals surface area contributed by atoms with Gasteiger partial charge in [0, 0.05) is 23.9 Å². The summed E-state index contributed by atoms with van der Waals surface area (Å²) in [4.78, 5) is 11.3. The zero-order valence-corrected chi connectivity index (χ0v) is 11.5. The lowest BCUT2D eigenvalue weighted by Crippen LogP contribution is -2.42. The molecule has 0 aromatic heterocycles. The van der Waals surface area contributed by atoms with Gasteiger partial charge in [0.05, 0.1) is 27.9 Å². The zero-order chi connectivity index (χ0) is 14.5. The second-order valence-electron chi connectivity index (χ2n) is 4.22. The van der Waals surface area contributed by atoms with Gasteiger partial charge in [0.1, 0.15) is 11.5 Å². The van der Waals surface area contributed by atoms with Gasteiger partial charge in [-0.1, -0.05) is 0 Å². The number of carbonyl (C=O) groups is 1. The Kier molecular flexibility index (Phi) is 5.00. The maximum atomic E-state index is 11.3. The molecule has 0 bridgehead atoms. The van der Waals surface area contributed by atoms with E-state index in [-0.39, 0.29) is 6.54 Å². The first-order valence-corrected chi connectivity index (χ1v) is 5.70. The highest BCUT2D eigenvalue weighted by Crippen LogP contribution is 2.26. The van der Waals surface area contributed by atoms with Gasteiger partial charge in [0.15, 0.2) is 5.60 Å². The molecule has 1 aromatic rings. The van der Waals surface area contributed by atoms with Gasteiger partial charge in [-0.2, -0.15) is 0 Å². The smallest absolute Gasteiger partial charge is 0.339 e. The van der Waals surface area contributed by atoms with Gasteiger partial charge in [0.25, 0.3) is 0 Å². The number of ether oxygens (including phenoxy) is 3. The third-order valence-electron chi connectivity index (χ3n) is 2.61. The van der Waals surface area contributed by atoms with E-state index in [1.807, 2.05) is 0 Å². The van der Waals surface area contributed by atoms with E-state index in [1.54, 1.807) is 32.4 Å². The summed E-state index contributed by atoms with van der Waals surface area (Å²) in [6, 6.07) is 5.19. The van der Waals surface area contributed by atoms with E-state index in [0.29, 0.717) is 17.2 Å². The Morgan fingerprint density at radius 1 is 1.21 bits per heavy atom. The van der Waals surface area contributed by atoms with Gasteiger partial charge < -0.3 is 24.6 Å². The molecular weight excluding hydrogens is 250 g/mol. The summed E-state index contributed by atoms with van der Waals surface area (Å²) < 4.78 is 14.8. The van der Waals surface area contributed by atoms with Crippen LogP contribution in [0, 0.1) is 0 Å². The summed E-state index contributed by atoms with van der Waals surface area (Å²) in [5, 5.41) is 12.8. The maximum Gasteiger partial charge on any atom is 0.339 e. The lowest BCUT2D eigenvalue weighted by atomic mass is 10.1. The van der Waals surface area contributed by atoms with E-state index in [0.717, 1.165) is 0 Å². The molecule has 1 rings (SSSR count). The van der Waals surface area contributed by atoms with Crippen LogP contribution in [-0.2, 0) is 9.53 Å². The van der Waals surface area contributed by atoms with Gasteiger partial charge in [-0.25, -0.2) is 4.79 Å². The van der Waals surface area contributed by atoms with Crippen molar-refractivity contribution < 1.29 is 24.1 Å². The third-order valence-corrected chi connectivity index (χ3v) is 2.61. The number of aliphatic hydroxyl groups is 1. The van der Waals surface area contributed by atoms with Crippen molar-refractivity contribution in [3.8, 4) is 11.5 Å². The second kappa shape index (κ2) is 6.29. The van der Waals surface area contributed by atoms with E-state index < -0.39 is 11.6 Å². The number of hydrogen-bond acceptors (Lipinski definition) is 6. The molecule has 106 valence electrons. The molecule has 1 aromatic carbocycles. The van der Waals surface area contributed by atoms with Crippen molar-refractivity contribution in [2.24, 2.45) is 0 Å².